The van der Waals surface area contributed by atoms with Crippen molar-refractivity contribution >= 4 is 45.3 Å². The smallest absolute Gasteiger partial charge is 0.259 e. The molecule has 5 rings (SSSR count). The number of sulfonamides is 1. The maximum Gasteiger partial charge on any atom is 0.259 e. The fourth-order valence-corrected chi connectivity index (χ4v) is 7.73. The fourth-order valence-electron chi connectivity index (χ4n) is 6.24. The van der Waals surface area contributed by atoms with Gasteiger partial charge in [0.05, 0.1) is 17.1 Å². The zero-order valence-electron chi connectivity index (χ0n) is 22.9. The van der Waals surface area contributed by atoms with Gasteiger partial charge in [-0.2, -0.15) is 0 Å². The molecule has 5 atom stereocenters. The third-order valence-electron chi connectivity index (χ3n) is 8.81. The van der Waals surface area contributed by atoms with Crippen LogP contribution in [-0.4, -0.2) is 60.3 Å². The minimum atomic E-state index is -3.80. The van der Waals surface area contributed by atoms with Crippen molar-refractivity contribution in [2.24, 2.45) is 17.6 Å². The summed E-state index contributed by atoms with van der Waals surface area (Å²) in [6.07, 6.45) is 9.62. The van der Waals surface area contributed by atoms with Crippen LogP contribution in [0.4, 0.5) is 0 Å². The van der Waals surface area contributed by atoms with E-state index in [0.717, 1.165) is 19.3 Å². The van der Waals surface area contributed by atoms with E-state index >= 15 is 0 Å². The number of nitrogens with zero attached hydrogens (tertiary/aromatic N) is 1. The molecular weight excluding hydrogens is 568 g/mol. The number of rotatable bonds is 6. The fraction of sp³-hybridized carbons (Fsp3) is 0.586. The van der Waals surface area contributed by atoms with Gasteiger partial charge in [-0.3, -0.25) is 23.9 Å². The molecule has 1 saturated heterocycles. The summed E-state index contributed by atoms with van der Waals surface area (Å²) in [5, 5.41) is 2.77. The van der Waals surface area contributed by atoms with Gasteiger partial charge >= 0.3 is 0 Å². The molecule has 1 aromatic carbocycles. The lowest BCUT2D eigenvalue weighted by atomic mass is 9.81. The van der Waals surface area contributed by atoms with E-state index in [-0.39, 0.29) is 18.2 Å². The lowest BCUT2D eigenvalue weighted by Gasteiger charge is -2.32. The number of primary amides is 1. The van der Waals surface area contributed by atoms with Crippen molar-refractivity contribution < 1.29 is 27.6 Å². The number of nitrogens with one attached hydrogen (secondary N) is 2. The summed E-state index contributed by atoms with van der Waals surface area (Å²) in [6, 6.07) is 5.86. The zero-order valence-corrected chi connectivity index (χ0v) is 24.5. The molecule has 10 nitrogen and oxygen atoms in total. The quantitative estimate of drug-likeness (QED) is 0.424. The molecule has 0 spiro atoms. The van der Waals surface area contributed by atoms with Crippen LogP contribution in [0.5, 0.6) is 0 Å². The van der Waals surface area contributed by atoms with Crippen LogP contribution in [0.1, 0.15) is 75.7 Å². The Balaban J connectivity index is 1.43. The first kappa shape index (κ1) is 29.6. The largest absolute Gasteiger partial charge is 0.369 e. The van der Waals surface area contributed by atoms with E-state index in [1.54, 1.807) is 24.3 Å². The van der Waals surface area contributed by atoms with Crippen LogP contribution in [-0.2, 0) is 29.2 Å². The summed E-state index contributed by atoms with van der Waals surface area (Å²) in [5.41, 5.74) is 5.08. The second kappa shape index (κ2) is 11.8. The van der Waals surface area contributed by atoms with Crippen molar-refractivity contribution in [3.05, 3.63) is 47.0 Å². The molecule has 0 radical (unpaired) electrons. The molecule has 1 aromatic rings. The lowest BCUT2D eigenvalue weighted by molar-refractivity contribution is -0.144. The van der Waals surface area contributed by atoms with Gasteiger partial charge < -0.3 is 16.0 Å². The molecule has 4 amide bonds. The summed E-state index contributed by atoms with van der Waals surface area (Å²) < 4.78 is 27.3. The molecule has 5 unspecified atom stereocenters. The highest BCUT2D eigenvalue weighted by Crippen LogP contribution is 2.46. The number of allylic oxidation sites excluding steroid dienone is 1. The van der Waals surface area contributed by atoms with Gasteiger partial charge in [-0.05, 0) is 69.1 Å². The summed E-state index contributed by atoms with van der Waals surface area (Å²) in [7, 11) is -3.80. The molecule has 222 valence electrons. The Morgan fingerprint density at radius 2 is 1.78 bits per heavy atom. The van der Waals surface area contributed by atoms with Crippen molar-refractivity contribution in [3.63, 3.8) is 0 Å². The van der Waals surface area contributed by atoms with Crippen LogP contribution in [0.2, 0.25) is 5.02 Å². The van der Waals surface area contributed by atoms with E-state index in [9.17, 15) is 27.6 Å². The number of benzene rings is 1. The van der Waals surface area contributed by atoms with Crippen LogP contribution in [0.3, 0.4) is 0 Å². The number of carbonyl (C=O) groups is 4. The SMILES string of the molecule is NC(=O)C(c1ccc(Cl)cc1)C1CCCCC/C=C\C2CC2(C(=O)NS(=O)(=O)C2CC2)NC(=O)C2CCCN2C1=O. The predicted molar refractivity (Wildman–Crippen MR) is 153 cm³/mol. The standard InChI is InChI=1S/C29H37ClN4O6S/c30-20-12-10-18(11-13-20)24(25(31)35)22-8-5-3-1-2-4-7-19-17-29(19,28(38)33-41(39,40)21-14-15-21)32-26(36)23-9-6-16-34(23)27(22)37/h4,7,10-13,19,21-24H,1-3,5-6,8-9,14-17H2,(H2,31,35)(H,32,36)(H,33,38)/b7-4-. The maximum atomic E-state index is 14.1. The normalized spacial score (nSPS) is 30.6. The Bertz CT molecular complexity index is 1350. The predicted octanol–water partition coefficient (Wildman–Crippen LogP) is 2.52. The Hall–Kier alpha value is -2.92. The van der Waals surface area contributed by atoms with E-state index in [2.05, 4.69) is 10.0 Å². The second-order valence-corrected chi connectivity index (χ2v) is 14.1. The molecule has 2 heterocycles. The van der Waals surface area contributed by atoms with Crippen molar-refractivity contribution in [2.45, 2.75) is 87.0 Å². The first-order valence-electron chi connectivity index (χ1n) is 14.4. The van der Waals surface area contributed by atoms with Gasteiger partial charge in [0.15, 0.2) is 0 Å². The second-order valence-electron chi connectivity index (χ2n) is 11.7. The van der Waals surface area contributed by atoms with Gasteiger partial charge in [-0.1, -0.05) is 48.7 Å². The van der Waals surface area contributed by atoms with Gasteiger partial charge in [-0.25, -0.2) is 8.42 Å². The molecule has 3 fully saturated rings. The Morgan fingerprint density at radius 3 is 2.46 bits per heavy atom. The van der Waals surface area contributed by atoms with E-state index in [4.69, 9.17) is 17.3 Å². The minimum absolute atomic E-state index is 0.283. The number of carbonyl (C=O) groups excluding carboxylic acids is 4. The minimum Gasteiger partial charge on any atom is -0.369 e. The molecule has 0 aromatic heterocycles. The van der Waals surface area contributed by atoms with Gasteiger partial charge in [0.2, 0.25) is 27.7 Å². The van der Waals surface area contributed by atoms with E-state index in [0.29, 0.717) is 55.7 Å². The summed E-state index contributed by atoms with van der Waals surface area (Å²) in [6.45, 7) is 0.331. The van der Waals surface area contributed by atoms with Crippen LogP contribution in [0, 0.1) is 11.8 Å². The number of halogens is 1. The highest BCUT2D eigenvalue weighted by molar-refractivity contribution is 7.91. The first-order chi connectivity index (χ1) is 19.5. The van der Waals surface area contributed by atoms with Crippen LogP contribution in [0.15, 0.2) is 36.4 Å². The maximum absolute atomic E-state index is 14.1. The van der Waals surface area contributed by atoms with E-state index in [1.807, 2.05) is 12.2 Å². The van der Waals surface area contributed by atoms with Crippen molar-refractivity contribution in [2.75, 3.05) is 6.54 Å². The number of nitrogens with two attached hydrogens (primary N) is 1. The number of amides is 4. The number of fused-ring (bicyclic) bond motifs is 2. The average molecular weight is 605 g/mol. The average Bonchev–Trinajstić information content (AvgIpc) is 3.84. The monoisotopic (exact) mass is 604 g/mol. The Kier molecular flexibility index (Phi) is 8.48. The molecule has 2 saturated carbocycles. The Morgan fingerprint density at radius 1 is 1.05 bits per heavy atom. The van der Waals surface area contributed by atoms with Gasteiger partial charge in [0, 0.05) is 17.5 Å². The van der Waals surface area contributed by atoms with Crippen LogP contribution < -0.4 is 15.8 Å². The molecule has 2 aliphatic carbocycles. The summed E-state index contributed by atoms with van der Waals surface area (Å²) in [5.74, 6) is -4.18. The van der Waals surface area contributed by atoms with E-state index in [1.165, 1.54) is 4.90 Å². The molecule has 2 aliphatic heterocycles. The van der Waals surface area contributed by atoms with Crippen LogP contribution in [0.25, 0.3) is 0 Å². The summed E-state index contributed by atoms with van der Waals surface area (Å²) in [4.78, 5) is 55.4. The van der Waals surface area contributed by atoms with Crippen molar-refractivity contribution in [1.82, 2.24) is 14.9 Å². The third-order valence-corrected chi connectivity index (χ3v) is 10.9. The van der Waals surface area contributed by atoms with Gasteiger partial charge in [0.1, 0.15) is 11.6 Å². The number of hydrogen-bond acceptors (Lipinski definition) is 6. The molecule has 12 heteroatoms. The first-order valence-corrected chi connectivity index (χ1v) is 16.4. The zero-order chi connectivity index (χ0) is 29.4. The Labute approximate surface area is 245 Å². The molecule has 4 N–H and O–H groups in total. The third kappa shape index (κ3) is 6.30. The topological polar surface area (TPSA) is 156 Å². The van der Waals surface area contributed by atoms with Crippen LogP contribution >= 0.6 is 11.6 Å². The van der Waals surface area contributed by atoms with Crippen molar-refractivity contribution in [3.8, 4) is 0 Å². The van der Waals surface area contributed by atoms with Gasteiger partial charge in [0.25, 0.3) is 5.91 Å². The van der Waals surface area contributed by atoms with E-state index < -0.39 is 56.4 Å². The summed E-state index contributed by atoms with van der Waals surface area (Å²) >= 11 is 6.06. The molecule has 4 aliphatic rings. The highest BCUT2D eigenvalue weighted by atomic mass is 35.5. The number of hydrogen-bond donors (Lipinski definition) is 3. The van der Waals surface area contributed by atoms with Gasteiger partial charge in [-0.15, -0.1) is 0 Å². The molecular formula is C29H37ClN4O6S. The lowest BCUT2D eigenvalue weighted by Crippen LogP contribution is -2.57. The van der Waals surface area contributed by atoms with Crippen molar-refractivity contribution in [1.29, 1.82) is 0 Å². The molecule has 0 bridgehead atoms. The highest BCUT2D eigenvalue weighted by Gasteiger charge is 2.62. The molecule has 41 heavy (non-hydrogen) atoms.